The highest BCUT2D eigenvalue weighted by Crippen LogP contribution is 2.31. The van der Waals surface area contributed by atoms with E-state index < -0.39 is 0 Å². The van der Waals surface area contributed by atoms with E-state index in [9.17, 15) is 4.79 Å². The molecule has 3 heterocycles. The fraction of sp³-hybridized carbons (Fsp3) is 0.200. The maximum atomic E-state index is 12.8. The van der Waals surface area contributed by atoms with Crippen molar-refractivity contribution in [3.05, 3.63) is 58.8 Å². The summed E-state index contributed by atoms with van der Waals surface area (Å²) in [6, 6.07) is 15.7. The molecule has 136 valence electrons. The standard InChI is InChI=1S/C20H16BrN3O2S/c21-14-5-6-15-18(12-14)27-20(22-15)24-9-7-23(8-10-24)19(25)17-11-13-3-1-2-4-16(13)26-17/h1-6,11-12H,7-10H2. The molecule has 0 aliphatic carbocycles. The van der Waals surface area contributed by atoms with E-state index >= 15 is 0 Å². The van der Waals surface area contributed by atoms with Crippen LogP contribution in [0, 0.1) is 0 Å². The first kappa shape index (κ1) is 16.8. The third-order valence-corrected chi connectivity index (χ3v) is 6.39. The van der Waals surface area contributed by atoms with Crippen molar-refractivity contribution in [3.8, 4) is 0 Å². The van der Waals surface area contributed by atoms with Crippen LogP contribution < -0.4 is 4.90 Å². The number of furan rings is 1. The Morgan fingerprint density at radius 1 is 1.07 bits per heavy atom. The zero-order valence-corrected chi connectivity index (χ0v) is 16.8. The van der Waals surface area contributed by atoms with Crippen LogP contribution in [0.3, 0.4) is 0 Å². The minimum absolute atomic E-state index is 0.0425. The second kappa shape index (κ2) is 6.65. The molecule has 0 atom stereocenters. The maximum absolute atomic E-state index is 12.8. The van der Waals surface area contributed by atoms with Gasteiger partial charge in [0, 0.05) is 36.0 Å². The Kier molecular flexibility index (Phi) is 4.13. The number of hydrogen-bond acceptors (Lipinski definition) is 5. The summed E-state index contributed by atoms with van der Waals surface area (Å²) >= 11 is 5.20. The molecule has 0 bridgehead atoms. The molecule has 5 rings (SSSR count). The van der Waals surface area contributed by atoms with Gasteiger partial charge in [0.2, 0.25) is 0 Å². The van der Waals surface area contributed by atoms with E-state index in [-0.39, 0.29) is 5.91 Å². The van der Waals surface area contributed by atoms with Crippen LogP contribution in [0.5, 0.6) is 0 Å². The van der Waals surface area contributed by atoms with Crippen molar-refractivity contribution in [3.63, 3.8) is 0 Å². The van der Waals surface area contributed by atoms with Gasteiger partial charge in [-0.2, -0.15) is 0 Å². The van der Waals surface area contributed by atoms with Crippen molar-refractivity contribution < 1.29 is 9.21 Å². The van der Waals surface area contributed by atoms with E-state index in [4.69, 9.17) is 9.40 Å². The second-order valence-electron chi connectivity index (χ2n) is 6.54. The van der Waals surface area contributed by atoms with Gasteiger partial charge in [0.05, 0.1) is 10.2 Å². The van der Waals surface area contributed by atoms with Crippen LogP contribution in [0.25, 0.3) is 21.2 Å². The molecule has 7 heteroatoms. The van der Waals surface area contributed by atoms with E-state index in [1.54, 1.807) is 11.3 Å². The van der Waals surface area contributed by atoms with Crippen LogP contribution in [-0.4, -0.2) is 42.0 Å². The van der Waals surface area contributed by atoms with E-state index in [1.807, 2.05) is 47.4 Å². The second-order valence-corrected chi connectivity index (χ2v) is 8.46. The Morgan fingerprint density at radius 3 is 2.70 bits per heavy atom. The normalized spacial score (nSPS) is 15.0. The predicted octanol–water partition coefficient (Wildman–Crippen LogP) is 4.77. The fourth-order valence-corrected chi connectivity index (χ4v) is 4.93. The van der Waals surface area contributed by atoms with Gasteiger partial charge in [-0.25, -0.2) is 4.98 Å². The molecule has 0 unspecified atom stereocenters. The number of carbonyl (C=O) groups excluding carboxylic acids is 1. The molecule has 0 spiro atoms. The van der Waals surface area contributed by atoms with Crippen molar-refractivity contribution in [1.82, 2.24) is 9.88 Å². The van der Waals surface area contributed by atoms with E-state index in [2.05, 4.69) is 26.9 Å². The summed E-state index contributed by atoms with van der Waals surface area (Å²) < 4.78 is 7.95. The molecule has 1 saturated heterocycles. The number of anilines is 1. The topological polar surface area (TPSA) is 49.6 Å². The van der Waals surface area contributed by atoms with Gasteiger partial charge in [0.15, 0.2) is 10.9 Å². The maximum Gasteiger partial charge on any atom is 0.289 e. The molecule has 0 radical (unpaired) electrons. The first-order chi connectivity index (χ1) is 13.2. The number of hydrogen-bond donors (Lipinski definition) is 0. The summed E-state index contributed by atoms with van der Waals surface area (Å²) in [5.74, 6) is 0.369. The molecule has 4 aromatic rings. The minimum Gasteiger partial charge on any atom is -0.451 e. The van der Waals surface area contributed by atoms with Crippen LogP contribution >= 0.6 is 27.3 Å². The zero-order chi connectivity index (χ0) is 18.4. The Balaban J connectivity index is 1.30. The zero-order valence-electron chi connectivity index (χ0n) is 14.4. The minimum atomic E-state index is -0.0425. The van der Waals surface area contributed by atoms with Crippen molar-refractivity contribution >= 4 is 59.5 Å². The van der Waals surface area contributed by atoms with Gasteiger partial charge in [0.25, 0.3) is 5.91 Å². The lowest BCUT2D eigenvalue weighted by molar-refractivity contribution is 0.0717. The molecule has 0 N–H and O–H groups in total. The summed E-state index contributed by atoms with van der Waals surface area (Å²) in [4.78, 5) is 21.6. The molecule has 1 aliphatic heterocycles. The van der Waals surface area contributed by atoms with Crippen molar-refractivity contribution in [1.29, 1.82) is 0 Å². The number of rotatable bonds is 2. The molecule has 2 aromatic heterocycles. The van der Waals surface area contributed by atoms with Gasteiger partial charge in [-0.05, 0) is 30.3 Å². The molecule has 5 nitrogen and oxygen atoms in total. The van der Waals surface area contributed by atoms with Gasteiger partial charge >= 0.3 is 0 Å². The Hall–Kier alpha value is -2.38. The molecule has 27 heavy (non-hydrogen) atoms. The highest BCUT2D eigenvalue weighted by Gasteiger charge is 2.26. The average Bonchev–Trinajstić information content (AvgIpc) is 3.31. The number of amides is 1. The van der Waals surface area contributed by atoms with E-state index in [0.717, 1.165) is 39.2 Å². The molecule has 1 amide bonds. The number of fused-ring (bicyclic) bond motifs is 2. The summed E-state index contributed by atoms with van der Waals surface area (Å²) in [6.45, 7) is 2.87. The highest BCUT2D eigenvalue weighted by molar-refractivity contribution is 9.10. The fourth-order valence-electron chi connectivity index (χ4n) is 3.37. The van der Waals surface area contributed by atoms with Crippen LogP contribution in [0.15, 0.2) is 57.4 Å². The van der Waals surface area contributed by atoms with Crippen LogP contribution in [0.4, 0.5) is 5.13 Å². The van der Waals surface area contributed by atoms with Gasteiger partial charge in [-0.1, -0.05) is 45.5 Å². The molecule has 1 fully saturated rings. The Morgan fingerprint density at radius 2 is 1.89 bits per heavy atom. The molecular formula is C20H16BrN3O2S. The monoisotopic (exact) mass is 441 g/mol. The van der Waals surface area contributed by atoms with Crippen molar-refractivity contribution in [2.75, 3.05) is 31.1 Å². The van der Waals surface area contributed by atoms with Crippen LogP contribution in [0.1, 0.15) is 10.6 Å². The van der Waals surface area contributed by atoms with E-state index in [0.29, 0.717) is 18.8 Å². The summed E-state index contributed by atoms with van der Waals surface area (Å²) in [6.07, 6.45) is 0. The van der Waals surface area contributed by atoms with Crippen molar-refractivity contribution in [2.45, 2.75) is 0 Å². The highest BCUT2D eigenvalue weighted by atomic mass is 79.9. The summed E-state index contributed by atoms with van der Waals surface area (Å²) in [5, 5.41) is 1.97. The lowest BCUT2D eigenvalue weighted by Crippen LogP contribution is -2.48. The summed E-state index contributed by atoms with van der Waals surface area (Å²) in [7, 11) is 0. The van der Waals surface area contributed by atoms with E-state index in [1.165, 1.54) is 4.70 Å². The number of benzene rings is 2. The lowest BCUT2D eigenvalue weighted by atomic mass is 10.2. The average molecular weight is 442 g/mol. The quantitative estimate of drug-likeness (QED) is 0.449. The first-order valence-corrected chi connectivity index (χ1v) is 10.4. The van der Waals surface area contributed by atoms with Gasteiger partial charge in [0.1, 0.15) is 5.58 Å². The first-order valence-electron chi connectivity index (χ1n) is 8.76. The Labute approximate surface area is 168 Å². The largest absolute Gasteiger partial charge is 0.451 e. The predicted molar refractivity (Wildman–Crippen MR) is 112 cm³/mol. The smallest absolute Gasteiger partial charge is 0.289 e. The number of piperazine rings is 1. The van der Waals surface area contributed by atoms with Gasteiger partial charge in [-0.15, -0.1) is 0 Å². The number of aromatic nitrogens is 1. The van der Waals surface area contributed by atoms with Crippen LogP contribution in [-0.2, 0) is 0 Å². The van der Waals surface area contributed by atoms with Crippen molar-refractivity contribution in [2.24, 2.45) is 0 Å². The number of para-hydroxylation sites is 1. The SMILES string of the molecule is O=C(c1cc2ccccc2o1)N1CCN(c2nc3ccc(Br)cc3s2)CC1. The lowest BCUT2D eigenvalue weighted by Gasteiger charge is -2.34. The number of thiazole rings is 1. The van der Waals surface area contributed by atoms with Gasteiger partial charge in [-0.3, -0.25) is 4.79 Å². The Bertz CT molecular complexity index is 1110. The molecular weight excluding hydrogens is 426 g/mol. The summed E-state index contributed by atoms with van der Waals surface area (Å²) in [5.41, 5.74) is 1.76. The molecule has 1 aliphatic rings. The third-order valence-electron chi connectivity index (χ3n) is 4.81. The molecule has 2 aromatic carbocycles. The molecule has 0 saturated carbocycles. The number of carbonyl (C=O) groups is 1. The van der Waals surface area contributed by atoms with Gasteiger partial charge < -0.3 is 14.2 Å². The number of halogens is 1. The number of nitrogens with zero attached hydrogens (tertiary/aromatic N) is 3. The third kappa shape index (κ3) is 3.11. The van der Waals surface area contributed by atoms with Crippen LogP contribution in [0.2, 0.25) is 0 Å².